The highest BCUT2D eigenvalue weighted by atomic mass is 19.3. The molecule has 8 nitrogen and oxygen atoms in total. The molecule has 1 amide bonds. The molecular weight excluding hydrogens is 492 g/mol. The maximum Gasteiger partial charge on any atom is 0.272 e. The third kappa shape index (κ3) is 4.93. The number of rotatable bonds is 7. The van der Waals surface area contributed by atoms with Crippen molar-refractivity contribution in [1.29, 1.82) is 0 Å². The average Bonchev–Trinajstić information content (AvgIpc) is 3.42. The second-order valence-corrected chi connectivity index (χ2v) is 9.42. The molecule has 2 aromatic heterocycles. The number of nitrogen functional groups attached to an aromatic ring is 1. The summed E-state index contributed by atoms with van der Waals surface area (Å²) in [7, 11) is 1.99. The average molecular weight is 516 g/mol. The quantitative estimate of drug-likeness (QED) is 0.462. The normalized spacial score (nSPS) is 21.0. The van der Waals surface area contributed by atoms with E-state index in [2.05, 4.69) is 25.2 Å². The van der Waals surface area contributed by atoms with E-state index in [4.69, 9.17) is 10.5 Å². The number of amides is 1. The third-order valence-electron chi connectivity index (χ3n) is 6.86. The lowest BCUT2D eigenvalue weighted by molar-refractivity contribution is 0.0819. The summed E-state index contributed by atoms with van der Waals surface area (Å²) in [6.07, 6.45) is 0.943. The molecule has 1 saturated carbocycles. The first-order chi connectivity index (χ1) is 17.6. The first kappa shape index (κ1) is 24.9. The summed E-state index contributed by atoms with van der Waals surface area (Å²) in [5, 5.41) is 3.02. The molecule has 3 N–H and O–H groups in total. The number of nitrogens with one attached hydrogen (secondary N) is 1. The maximum absolute atomic E-state index is 15.7. The summed E-state index contributed by atoms with van der Waals surface area (Å²) in [6.45, 7) is -0.105. The Morgan fingerprint density at radius 2 is 2.00 bits per heavy atom. The van der Waals surface area contributed by atoms with Crippen molar-refractivity contribution in [2.24, 2.45) is 0 Å². The first-order valence-electron chi connectivity index (χ1n) is 11.7. The molecule has 3 aromatic rings. The fourth-order valence-corrected chi connectivity index (χ4v) is 5.07. The fourth-order valence-electron chi connectivity index (χ4n) is 5.07. The number of nitrogens with zero attached hydrogens (tertiary/aromatic N) is 4. The van der Waals surface area contributed by atoms with Gasteiger partial charge in [0.25, 0.3) is 18.3 Å². The van der Waals surface area contributed by atoms with Crippen LogP contribution in [0.2, 0.25) is 0 Å². The van der Waals surface area contributed by atoms with Crippen molar-refractivity contribution in [2.45, 2.75) is 37.3 Å². The van der Waals surface area contributed by atoms with Crippen LogP contribution >= 0.6 is 0 Å². The molecule has 2 aliphatic rings. The standard InChI is InChI=1S/C25H24F4N6O2/c1-35-12-25(7-6-14(35)9-25)34-24(36)16-8-17(13-2-4-15(5-3-13)37-11-19(26)27)32-21(20(16)28)18-10-31-23(30)22(29)33-18/h2-5,8,10,14,19H,6-7,9,11-12H2,1H3,(H2,30,31)(H,34,36)/t14?,25-/m1/s1. The Kier molecular flexibility index (Phi) is 6.44. The van der Waals surface area contributed by atoms with Crippen LogP contribution in [0.1, 0.15) is 29.6 Å². The number of carbonyl (C=O) groups is 1. The summed E-state index contributed by atoms with van der Waals surface area (Å²) in [4.78, 5) is 27.2. The highest BCUT2D eigenvalue weighted by molar-refractivity contribution is 5.97. The minimum Gasteiger partial charge on any atom is -0.488 e. The van der Waals surface area contributed by atoms with Gasteiger partial charge in [0.2, 0.25) is 0 Å². The molecule has 0 spiro atoms. The lowest BCUT2D eigenvalue weighted by Gasteiger charge is -2.31. The lowest BCUT2D eigenvalue weighted by Crippen LogP contribution is -2.50. The molecule has 194 valence electrons. The van der Waals surface area contributed by atoms with Gasteiger partial charge >= 0.3 is 0 Å². The number of likely N-dealkylation sites (N-methyl/N-ethyl adjacent to an activating group) is 1. The zero-order chi connectivity index (χ0) is 26.3. The summed E-state index contributed by atoms with van der Waals surface area (Å²) in [6, 6.07) is 7.65. The van der Waals surface area contributed by atoms with E-state index in [-0.39, 0.29) is 28.4 Å². The van der Waals surface area contributed by atoms with E-state index in [1.54, 1.807) is 0 Å². The van der Waals surface area contributed by atoms with Crippen LogP contribution in [0.15, 0.2) is 36.5 Å². The summed E-state index contributed by atoms with van der Waals surface area (Å²) >= 11 is 0. The Balaban J connectivity index is 1.53. The van der Waals surface area contributed by atoms with Crippen molar-refractivity contribution in [3.63, 3.8) is 0 Å². The van der Waals surface area contributed by atoms with Crippen LogP contribution < -0.4 is 15.8 Å². The molecule has 1 aliphatic carbocycles. The van der Waals surface area contributed by atoms with Crippen molar-refractivity contribution in [1.82, 2.24) is 25.2 Å². The van der Waals surface area contributed by atoms with Crippen molar-refractivity contribution >= 4 is 11.7 Å². The number of aromatic nitrogens is 3. The Bertz CT molecular complexity index is 1340. The Hall–Kier alpha value is -3.80. The molecule has 2 fully saturated rings. The van der Waals surface area contributed by atoms with E-state index in [1.165, 1.54) is 30.3 Å². The second-order valence-electron chi connectivity index (χ2n) is 9.42. The minimum atomic E-state index is -2.63. The number of piperidine rings is 1. The van der Waals surface area contributed by atoms with Crippen LogP contribution in [-0.4, -0.2) is 64.0 Å². The topological polar surface area (TPSA) is 106 Å². The number of alkyl halides is 2. The molecule has 37 heavy (non-hydrogen) atoms. The number of hydrogen-bond donors (Lipinski definition) is 2. The molecule has 1 aliphatic heterocycles. The Labute approximate surface area is 209 Å². The number of pyridine rings is 1. The van der Waals surface area contributed by atoms with Gasteiger partial charge < -0.3 is 20.7 Å². The molecular formula is C25H24F4N6O2. The third-order valence-corrected chi connectivity index (χ3v) is 6.86. The smallest absolute Gasteiger partial charge is 0.272 e. The van der Waals surface area contributed by atoms with Crippen molar-refractivity contribution in [2.75, 3.05) is 25.9 Å². The molecule has 0 radical (unpaired) electrons. The molecule has 1 aromatic carbocycles. The van der Waals surface area contributed by atoms with Gasteiger partial charge in [-0.1, -0.05) is 0 Å². The van der Waals surface area contributed by atoms with Gasteiger partial charge in [0.1, 0.15) is 23.7 Å². The van der Waals surface area contributed by atoms with E-state index in [9.17, 15) is 18.0 Å². The largest absolute Gasteiger partial charge is 0.488 e. The maximum atomic E-state index is 15.7. The molecule has 1 saturated heterocycles. The molecule has 3 heterocycles. The number of fused-ring (bicyclic) bond motifs is 2. The van der Waals surface area contributed by atoms with E-state index in [0.29, 0.717) is 18.2 Å². The Morgan fingerprint density at radius 3 is 2.62 bits per heavy atom. The van der Waals surface area contributed by atoms with Crippen LogP contribution in [0.5, 0.6) is 5.75 Å². The summed E-state index contributed by atoms with van der Waals surface area (Å²) in [5.41, 5.74) is 4.68. The van der Waals surface area contributed by atoms with E-state index >= 15 is 4.39 Å². The Morgan fingerprint density at radius 1 is 1.24 bits per heavy atom. The van der Waals surface area contributed by atoms with Crippen molar-refractivity contribution in [3.8, 4) is 28.4 Å². The van der Waals surface area contributed by atoms with Crippen LogP contribution in [0.4, 0.5) is 23.4 Å². The minimum absolute atomic E-state index is 0.186. The predicted octanol–water partition coefficient (Wildman–Crippen LogP) is 3.68. The number of hydrogen-bond acceptors (Lipinski definition) is 7. The van der Waals surface area contributed by atoms with Crippen LogP contribution in [-0.2, 0) is 0 Å². The van der Waals surface area contributed by atoms with Gasteiger partial charge in [0.05, 0.1) is 23.0 Å². The van der Waals surface area contributed by atoms with Crippen LogP contribution in [0.3, 0.4) is 0 Å². The number of ether oxygens (including phenoxy) is 1. The van der Waals surface area contributed by atoms with Gasteiger partial charge in [0, 0.05) is 18.2 Å². The zero-order valence-electron chi connectivity index (χ0n) is 19.8. The fraction of sp³-hybridized carbons (Fsp3) is 0.360. The first-order valence-corrected chi connectivity index (χ1v) is 11.7. The molecule has 2 bridgehead atoms. The molecule has 5 rings (SSSR count). The molecule has 12 heteroatoms. The van der Waals surface area contributed by atoms with Gasteiger partial charge in [-0.05, 0) is 56.6 Å². The van der Waals surface area contributed by atoms with Gasteiger partial charge in [-0.15, -0.1) is 0 Å². The van der Waals surface area contributed by atoms with E-state index in [1.807, 2.05) is 7.05 Å². The SMILES string of the molecule is CN1C[C@@]2(NC(=O)c3cc(-c4ccc(OCC(F)F)cc4)nc(-c4cnc(N)c(F)n4)c3F)CCC1C2. The zero-order valence-corrected chi connectivity index (χ0v) is 19.8. The van der Waals surface area contributed by atoms with E-state index in [0.717, 1.165) is 25.5 Å². The van der Waals surface area contributed by atoms with Gasteiger partial charge in [-0.3, -0.25) is 4.79 Å². The highest BCUT2D eigenvalue weighted by Gasteiger charge is 2.49. The molecule has 1 unspecified atom stereocenters. The summed E-state index contributed by atoms with van der Waals surface area (Å²) < 4.78 is 59.7. The predicted molar refractivity (Wildman–Crippen MR) is 127 cm³/mol. The number of likely N-dealkylation sites (tertiary alicyclic amines) is 1. The second kappa shape index (κ2) is 9.58. The van der Waals surface area contributed by atoms with Gasteiger partial charge in [-0.2, -0.15) is 4.39 Å². The van der Waals surface area contributed by atoms with Crippen LogP contribution in [0.25, 0.3) is 22.6 Å². The van der Waals surface area contributed by atoms with Crippen molar-refractivity contribution < 1.29 is 27.1 Å². The number of benzene rings is 1. The van der Waals surface area contributed by atoms with E-state index < -0.39 is 42.1 Å². The number of nitrogens with two attached hydrogens (primary N) is 1. The van der Waals surface area contributed by atoms with Gasteiger partial charge in [-0.25, -0.2) is 28.1 Å². The number of halogens is 4. The number of carbonyl (C=O) groups excluding carboxylic acids is 1. The lowest BCUT2D eigenvalue weighted by atomic mass is 9.97. The van der Waals surface area contributed by atoms with Crippen LogP contribution in [0, 0.1) is 11.8 Å². The summed E-state index contributed by atoms with van der Waals surface area (Å²) in [5.74, 6) is -2.96. The number of anilines is 1. The highest BCUT2D eigenvalue weighted by Crippen LogP contribution is 2.40. The van der Waals surface area contributed by atoms with Gasteiger partial charge in [0.15, 0.2) is 11.6 Å². The molecule has 2 atom stereocenters. The monoisotopic (exact) mass is 516 g/mol. The van der Waals surface area contributed by atoms with Crippen molar-refractivity contribution in [3.05, 3.63) is 53.9 Å².